The first-order chi connectivity index (χ1) is 10.5. The van der Waals surface area contributed by atoms with Crippen LogP contribution in [-0.2, 0) is 11.3 Å². The quantitative estimate of drug-likeness (QED) is 0.702. The zero-order valence-electron chi connectivity index (χ0n) is 13.2. The highest BCUT2D eigenvalue weighted by Gasteiger charge is 2.11. The van der Waals surface area contributed by atoms with Gasteiger partial charge < -0.3 is 10.0 Å². The number of nitrogens with zero attached hydrogens (tertiary/aromatic N) is 2. The number of rotatable bonds is 10. The number of carbonyl (C=O) groups is 1. The molecule has 0 bridgehead atoms. The number of halogens is 2. The number of hydrogen-bond donors (Lipinski definition) is 1. The van der Waals surface area contributed by atoms with E-state index in [2.05, 4.69) is 23.6 Å². The number of carboxylic acids is 1. The van der Waals surface area contributed by atoms with Crippen LogP contribution < -0.4 is 0 Å². The van der Waals surface area contributed by atoms with Gasteiger partial charge in [0.1, 0.15) is 0 Å². The molecule has 22 heavy (non-hydrogen) atoms. The first-order valence-corrected chi connectivity index (χ1v) is 8.32. The van der Waals surface area contributed by atoms with Gasteiger partial charge in [-0.15, -0.1) is 0 Å². The van der Waals surface area contributed by atoms with E-state index >= 15 is 0 Å². The molecule has 4 nitrogen and oxygen atoms in total. The van der Waals surface area contributed by atoms with Crippen molar-refractivity contribution < 1.29 is 9.90 Å². The maximum absolute atomic E-state index is 10.8. The predicted octanol–water partition coefficient (Wildman–Crippen LogP) is 3.61. The van der Waals surface area contributed by atoms with Gasteiger partial charge in [-0.2, -0.15) is 0 Å². The second-order valence-corrected chi connectivity index (χ2v) is 6.01. The van der Waals surface area contributed by atoms with Crippen LogP contribution in [0.5, 0.6) is 0 Å². The molecule has 0 radical (unpaired) electrons. The summed E-state index contributed by atoms with van der Waals surface area (Å²) in [5.41, 5.74) is 1.04. The molecule has 1 aromatic rings. The third kappa shape index (κ3) is 6.97. The van der Waals surface area contributed by atoms with Gasteiger partial charge in [0.15, 0.2) is 0 Å². The lowest BCUT2D eigenvalue weighted by Gasteiger charge is -2.26. The van der Waals surface area contributed by atoms with Gasteiger partial charge in [-0.3, -0.25) is 9.69 Å². The molecule has 0 aliphatic rings. The minimum absolute atomic E-state index is 0.138. The number of carboxylic acid groups (broad SMARTS) is 1. The minimum atomic E-state index is -0.776. The zero-order valence-corrected chi connectivity index (χ0v) is 14.7. The van der Waals surface area contributed by atoms with Crippen LogP contribution in [-0.4, -0.2) is 53.6 Å². The summed E-state index contributed by atoms with van der Waals surface area (Å²) in [6, 6.07) is 5.55. The van der Waals surface area contributed by atoms with Crippen LogP contribution in [0.2, 0.25) is 10.0 Å². The number of aliphatic carboxylic acids is 1. The Bertz CT molecular complexity index is 479. The molecule has 0 saturated carbocycles. The van der Waals surface area contributed by atoms with Crippen molar-refractivity contribution >= 4 is 29.2 Å². The van der Waals surface area contributed by atoms with Crippen LogP contribution in [0.15, 0.2) is 18.2 Å². The Labute approximate surface area is 142 Å². The van der Waals surface area contributed by atoms with E-state index in [1.54, 1.807) is 6.07 Å². The fourth-order valence-electron chi connectivity index (χ4n) is 2.24. The number of benzene rings is 1. The van der Waals surface area contributed by atoms with Crippen molar-refractivity contribution in [1.82, 2.24) is 9.80 Å². The van der Waals surface area contributed by atoms with Gasteiger partial charge in [0, 0.05) is 26.2 Å². The lowest BCUT2D eigenvalue weighted by atomic mass is 10.2. The molecule has 0 spiro atoms. The van der Waals surface area contributed by atoms with Crippen molar-refractivity contribution in [2.24, 2.45) is 0 Å². The van der Waals surface area contributed by atoms with E-state index in [1.165, 1.54) is 0 Å². The first-order valence-electron chi connectivity index (χ1n) is 7.56. The molecule has 1 N–H and O–H groups in total. The predicted molar refractivity (Wildman–Crippen MR) is 91.8 cm³/mol. The van der Waals surface area contributed by atoms with E-state index in [9.17, 15) is 4.79 Å². The molecule has 0 aliphatic heterocycles. The maximum atomic E-state index is 10.8. The van der Waals surface area contributed by atoms with Gasteiger partial charge in [0.2, 0.25) is 0 Å². The molecule has 0 aliphatic carbocycles. The number of likely N-dealkylation sites (N-methyl/N-ethyl adjacent to an activating group) is 1. The van der Waals surface area contributed by atoms with Crippen molar-refractivity contribution in [3.63, 3.8) is 0 Å². The molecule has 1 aromatic carbocycles. The van der Waals surface area contributed by atoms with Gasteiger partial charge in [-0.1, -0.05) is 43.1 Å². The second-order valence-electron chi connectivity index (χ2n) is 5.20. The highest BCUT2D eigenvalue weighted by molar-refractivity contribution is 6.42. The maximum Gasteiger partial charge on any atom is 0.304 e. The Hall–Kier alpha value is -0.810. The summed E-state index contributed by atoms with van der Waals surface area (Å²) in [4.78, 5) is 15.3. The highest BCUT2D eigenvalue weighted by Crippen LogP contribution is 2.23. The summed E-state index contributed by atoms with van der Waals surface area (Å²) in [6.07, 6.45) is 0.138. The van der Waals surface area contributed by atoms with Crippen LogP contribution in [0.25, 0.3) is 0 Å². The number of hydrogen-bond acceptors (Lipinski definition) is 3. The van der Waals surface area contributed by atoms with Gasteiger partial charge in [-0.25, -0.2) is 0 Å². The van der Waals surface area contributed by atoms with Gasteiger partial charge in [-0.05, 0) is 30.8 Å². The molecule has 0 amide bonds. The Morgan fingerprint density at radius 1 is 1.05 bits per heavy atom. The van der Waals surface area contributed by atoms with E-state index in [1.807, 2.05) is 12.1 Å². The Balaban J connectivity index is 2.67. The monoisotopic (exact) mass is 346 g/mol. The van der Waals surface area contributed by atoms with E-state index in [-0.39, 0.29) is 6.42 Å². The lowest BCUT2D eigenvalue weighted by molar-refractivity contribution is -0.137. The summed E-state index contributed by atoms with van der Waals surface area (Å²) in [6.45, 7) is 9.20. The van der Waals surface area contributed by atoms with E-state index in [0.717, 1.165) is 31.7 Å². The van der Waals surface area contributed by atoms with Crippen LogP contribution >= 0.6 is 23.2 Å². The average Bonchev–Trinajstić information content (AvgIpc) is 2.49. The fraction of sp³-hybridized carbons (Fsp3) is 0.562. The van der Waals surface area contributed by atoms with E-state index < -0.39 is 5.97 Å². The second kappa shape index (κ2) is 10.1. The average molecular weight is 347 g/mol. The first kappa shape index (κ1) is 19.2. The Morgan fingerprint density at radius 3 is 2.23 bits per heavy atom. The molecule has 0 saturated heterocycles. The summed E-state index contributed by atoms with van der Waals surface area (Å²) < 4.78 is 0. The molecule has 6 heteroatoms. The molecule has 0 atom stereocenters. The van der Waals surface area contributed by atoms with Gasteiger partial charge in [0.05, 0.1) is 16.5 Å². The van der Waals surface area contributed by atoms with Crippen LogP contribution in [0, 0.1) is 0 Å². The molecule has 124 valence electrons. The smallest absolute Gasteiger partial charge is 0.304 e. The third-order valence-corrected chi connectivity index (χ3v) is 4.40. The minimum Gasteiger partial charge on any atom is -0.481 e. The summed E-state index contributed by atoms with van der Waals surface area (Å²) in [5.74, 6) is -0.776. The van der Waals surface area contributed by atoms with Crippen molar-refractivity contribution in [2.45, 2.75) is 26.8 Å². The SMILES string of the molecule is CCN(CC)CCN(CCC(=O)O)Cc1ccc(Cl)c(Cl)c1. The standard InChI is InChI=1S/C16H24Cl2N2O2/c1-3-19(4-2)9-10-20(8-7-16(21)22)12-13-5-6-14(17)15(18)11-13/h5-6,11H,3-4,7-10,12H2,1-2H3,(H,21,22). The summed E-state index contributed by atoms with van der Waals surface area (Å²) >= 11 is 12.0. The highest BCUT2D eigenvalue weighted by atomic mass is 35.5. The largest absolute Gasteiger partial charge is 0.481 e. The Kier molecular flexibility index (Phi) is 8.79. The van der Waals surface area contributed by atoms with Crippen molar-refractivity contribution in [2.75, 3.05) is 32.7 Å². The Morgan fingerprint density at radius 2 is 1.68 bits per heavy atom. The molecule has 0 fully saturated rings. The molecule has 0 unspecified atom stereocenters. The molecule has 0 heterocycles. The van der Waals surface area contributed by atoms with Crippen molar-refractivity contribution in [3.05, 3.63) is 33.8 Å². The van der Waals surface area contributed by atoms with Crippen molar-refractivity contribution in [3.8, 4) is 0 Å². The molecular weight excluding hydrogens is 323 g/mol. The molecule has 1 rings (SSSR count). The zero-order chi connectivity index (χ0) is 16.5. The topological polar surface area (TPSA) is 43.8 Å². The van der Waals surface area contributed by atoms with Gasteiger partial charge >= 0.3 is 5.97 Å². The summed E-state index contributed by atoms with van der Waals surface area (Å²) in [5, 5.41) is 9.96. The molecular formula is C16H24Cl2N2O2. The normalized spacial score (nSPS) is 11.4. The third-order valence-electron chi connectivity index (χ3n) is 3.66. The van der Waals surface area contributed by atoms with Gasteiger partial charge in [0.25, 0.3) is 0 Å². The van der Waals surface area contributed by atoms with Crippen LogP contribution in [0.1, 0.15) is 25.8 Å². The lowest BCUT2D eigenvalue weighted by Crippen LogP contribution is -2.35. The van der Waals surface area contributed by atoms with E-state index in [0.29, 0.717) is 23.1 Å². The van der Waals surface area contributed by atoms with Crippen LogP contribution in [0.4, 0.5) is 0 Å². The van der Waals surface area contributed by atoms with E-state index in [4.69, 9.17) is 28.3 Å². The van der Waals surface area contributed by atoms with Crippen molar-refractivity contribution in [1.29, 1.82) is 0 Å². The van der Waals surface area contributed by atoms with Crippen LogP contribution in [0.3, 0.4) is 0 Å². The summed E-state index contributed by atoms with van der Waals surface area (Å²) in [7, 11) is 0. The fourth-order valence-corrected chi connectivity index (χ4v) is 2.56. The molecule has 0 aromatic heterocycles.